The molecule has 0 unspecified atom stereocenters. The third-order valence-electron chi connectivity index (χ3n) is 5.53. The number of halogens is 1. The van der Waals surface area contributed by atoms with E-state index in [4.69, 9.17) is 17.3 Å². The van der Waals surface area contributed by atoms with Crippen LogP contribution in [0.5, 0.6) is 0 Å². The molecule has 6 nitrogen and oxygen atoms in total. The lowest BCUT2D eigenvalue weighted by molar-refractivity contribution is -0.137. The first-order chi connectivity index (χ1) is 15.9. The number of thioether (sulfide) groups is 1. The highest BCUT2D eigenvalue weighted by atomic mass is 32.2. The largest absolute Gasteiger partial charge is 0.481 e. The van der Waals surface area contributed by atoms with Gasteiger partial charge in [0.25, 0.3) is 11.8 Å². The van der Waals surface area contributed by atoms with Gasteiger partial charge in [-0.25, -0.2) is 4.39 Å². The Hall–Kier alpha value is -3.04. The predicted octanol–water partition coefficient (Wildman–Crippen LogP) is 4.59. The van der Waals surface area contributed by atoms with E-state index in [1.54, 1.807) is 17.0 Å². The average molecular weight is 485 g/mol. The van der Waals surface area contributed by atoms with Crippen molar-refractivity contribution in [2.75, 3.05) is 11.4 Å². The molecule has 2 amide bonds. The molecular formula is C24H21FN2O4S2. The number of carbonyl (C=O) groups excluding carboxylic acids is 2. The lowest BCUT2D eigenvalue weighted by Crippen LogP contribution is -2.30. The first kappa shape index (κ1) is 23.1. The predicted molar refractivity (Wildman–Crippen MR) is 129 cm³/mol. The number of thiocarbonyl (C=S) groups is 1. The summed E-state index contributed by atoms with van der Waals surface area (Å²) in [6.07, 6.45) is 1.93. The van der Waals surface area contributed by atoms with Crippen LogP contribution in [0.15, 0.2) is 53.4 Å². The maximum atomic E-state index is 13.5. The summed E-state index contributed by atoms with van der Waals surface area (Å²) >= 11 is 6.53. The van der Waals surface area contributed by atoms with E-state index in [-0.39, 0.29) is 30.6 Å². The van der Waals surface area contributed by atoms with E-state index >= 15 is 0 Å². The van der Waals surface area contributed by atoms with Crippen molar-refractivity contribution in [3.8, 4) is 0 Å². The number of para-hydroxylation sites is 1. The number of aliphatic carboxylic acids is 1. The zero-order valence-corrected chi connectivity index (χ0v) is 19.3. The van der Waals surface area contributed by atoms with Crippen LogP contribution in [-0.2, 0) is 20.9 Å². The van der Waals surface area contributed by atoms with Crippen molar-refractivity contribution in [1.29, 1.82) is 0 Å². The maximum Gasteiger partial charge on any atom is 0.303 e. The van der Waals surface area contributed by atoms with Crippen LogP contribution in [0.1, 0.15) is 36.8 Å². The van der Waals surface area contributed by atoms with Crippen LogP contribution < -0.4 is 4.90 Å². The summed E-state index contributed by atoms with van der Waals surface area (Å²) in [4.78, 5) is 40.7. The summed E-state index contributed by atoms with van der Waals surface area (Å²) in [7, 11) is 0. The fourth-order valence-electron chi connectivity index (χ4n) is 3.89. The van der Waals surface area contributed by atoms with Gasteiger partial charge in [0.15, 0.2) is 0 Å². The van der Waals surface area contributed by atoms with Crippen molar-refractivity contribution in [3.63, 3.8) is 0 Å². The van der Waals surface area contributed by atoms with Crippen LogP contribution >= 0.6 is 24.0 Å². The van der Waals surface area contributed by atoms with Crippen molar-refractivity contribution in [3.05, 3.63) is 70.4 Å². The molecule has 0 aliphatic carbocycles. The van der Waals surface area contributed by atoms with Crippen LogP contribution in [-0.4, -0.2) is 38.7 Å². The Morgan fingerprint density at radius 2 is 1.70 bits per heavy atom. The normalized spacial score (nSPS) is 17.8. The number of benzene rings is 2. The van der Waals surface area contributed by atoms with Gasteiger partial charge in [-0.2, -0.15) is 0 Å². The highest BCUT2D eigenvalue weighted by Crippen LogP contribution is 2.45. The number of nitrogens with zero attached hydrogens (tertiary/aromatic N) is 2. The van der Waals surface area contributed by atoms with Crippen LogP contribution in [0.25, 0.3) is 5.57 Å². The number of hydrogen-bond donors (Lipinski definition) is 1. The third-order valence-corrected chi connectivity index (χ3v) is 6.97. The smallest absolute Gasteiger partial charge is 0.303 e. The number of carbonyl (C=O) groups is 3. The molecule has 0 radical (unpaired) electrons. The standard InChI is InChI=1S/C24H21FN2O4S2/c25-16-11-9-15(10-12-16)14-27-18-7-4-3-6-17(18)20(22(27)30)21-23(31)26(24(32)33-21)13-5-1-2-8-19(28)29/h3-4,6-7,9-12H,1-2,5,8,13-14H2,(H,28,29)/b21-20-. The summed E-state index contributed by atoms with van der Waals surface area (Å²) in [5.41, 5.74) is 2.47. The molecule has 33 heavy (non-hydrogen) atoms. The zero-order chi connectivity index (χ0) is 23.5. The Morgan fingerprint density at radius 1 is 0.970 bits per heavy atom. The van der Waals surface area contributed by atoms with Gasteiger partial charge in [0.2, 0.25) is 0 Å². The van der Waals surface area contributed by atoms with Gasteiger partial charge in [0.05, 0.1) is 22.7 Å². The summed E-state index contributed by atoms with van der Waals surface area (Å²) in [5, 5.41) is 8.75. The van der Waals surface area contributed by atoms with Crippen LogP contribution in [0.4, 0.5) is 10.1 Å². The van der Waals surface area contributed by atoms with Crippen LogP contribution in [0.2, 0.25) is 0 Å². The number of carboxylic acids is 1. The molecule has 0 bridgehead atoms. The van der Waals surface area contributed by atoms with Crippen LogP contribution in [0, 0.1) is 5.82 Å². The highest BCUT2D eigenvalue weighted by molar-refractivity contribution is 8.26. The molecule has 0 spiro atoms. The topological polar surface area (TPSA) is 77.9 Å². The fourth-order valence-corrected chi connectivity index (χ4v) is 5.27. The van der Waals surface area contributed by atoms with Gasteiger partial charge in [-0.05, 0) is 36.6 Å². The van der Waals surface area contributed by atoms with E-state index in [9.17, 15) is 18.8 Å². The lowest BCUT2D eigenvalue weighted by Gasteiger charge is -2.17. The molecule has 170 valence electrons. The lowest BCUT2D eigenvalue weighted by atomic mass is 10.1. The minimum absolute atomic E-state index is 0.0949. The number of fused-ring (bicyclic) bond motifs is 1. The van der Waals surface area contributed by atoms with E-state index in [1.807, 2.05) is 24.3 Å². The van der Waals surface area contributed by atoms with E-state index in [2.05, 4.69) is 0 Å². The third kappa shape index (κ3) is 4.84. The Morgan fingerprint density at radius 3 is 2.42 bits per heavy atom. The van der Waals surface area contributed by atoms with Crippen LogP contribution in [0.3, 0.4) is 0 Å². The second-order valence-electron chi connectivity index (χ2n) is 7.77. The Kier molecular flexibility index (Phi) is 6.90. The van der Waals surface area contributed by atoms with Crippen molar-refractivity contribution >= 4 is 57.3 Å². The SMILES string of the molecule is O=C(O)CCCCCN1C(=O)/C(=C2/C(=O)N(Cc3ccc(F)cc3)c3ccccc32)SC1=S. The number of rotatable bonds is 8. The van der Waals surface area contributed by atoms with Crippen molar-refractivity contribution in [1.82, 2.24) is 4.90 Å². The zero-order valence-electron chi connectivity index (χ0n) is 17.6. The Labute approximate surface area is 200 Å². The minimum Gasteiger partial charge on any atom is -0.481 e. The number of hydrogen-bond acceptors (Lipinski definition) is 5. The monoisotopic (exact) mass is 484 g/mol. The Bertz CT molecular complexity index is 1160. The first-order valence-corrected chi connectivity index (χ1v) is 11.7. The van der Waals surface area contributed by atoms with E-state index in [0.29, 0.717) is 51.9 Å². The van der Waals surface area contributed by atoms with Gasteiger partial charge in [-0.3, -0.25) is 19.3 Å². The molecule has 2 aromatic rings. The molecule has 4 rings (SSSR count). The summed E-state index contributed by atoms with van der Waals surface area (Å²) in [6, 6.07) is 13.2. The van der Waals surface area contributed by atoms with Gasteiger partial charge >= 0.3 is 5.97 Å². The van der Waals surface area contributed by atoms with Gasteiger partial charge in [-0.1, -0.05) is 60.7 Å². The molecule has 1 fully saturated rings. The second-order valence-corrected chi connectivity index (χ2v) is 9.41. The molecule has 9 heteroatoms. The fraction of sp³-hybridized carbons (Fsp3) is 0.250. The molecule has 0 atom stereocenters. The molecule has 1 saturated heterocycles. The Balaban J connectivity index is 1.57. The first-order valence-electron chi connectivity index (χ1n) is 10.5. The summed E-state index contributed by atoms with van der Waals surface area (Å²) in [6.45, 7) is 0.639. The van der Waals surface area contributed by atoms with E-state index < -0.39 is 5.97 Å². The number of amides is 2. The molecular weight excluding hydrogens is 463 g/mol. The number of carboxylic acid groups (broad SMARTS) is 1. The molecule has 0 aromatic heterocycles. The molecule has 0 saturated carbocycles. The van der Waals surface area contributed by atoms with Crippen molar-refractivity contribution in [2.24, 2.45) is 0 Å². The van der Waals surface area contributed by atoms with E-state index in [1.165, 1.54) is 17.0 Å². The molecule has 2 heterocycles. The van der Waals surface area contributed by atoms with Gasteiger partial charge in [-0.15, -0.1) is 0 Å². The molecule has 1 N–H and O–H groups in total. The quantitative estimate of drug-likeness (QED) is 0.336. The molecule has 2 aliphatic rings. The van der Waals surface area contributed by atoms with Crippen molar-refractivity contribution in [2.45, 2.75) is 32.2 Å². The maximum absolute atomic E-state index is 13.5. The summed E-state index contributed by atoms with van der Waals surface area (Å²) < 4.78 is 13.7. The number of anilines is 1. The average Bonchev–Trinajstić information content (AvgIpc) is 3.22. The second kappa shape index (κ2) is 9.84. The minimum atomic E-state index is -0.839. The van der Waals surface area contributed by atoms with E-state index in [0.717, 1.165) is 17.3 Å². The highest BCUT2D eigenvalue weighted by Gasteiger charge is 2.41. The number of unbranched alkanes of at least 4 members (excludes halogenated alkanes) is 2. The summed E-state index contributed by atoms with van der Waals surface area (Å²) in [5.74, 6) is -1.78. The van der Waals surface area contributed by atoms with Gasteiger partial charge < -0.3 is 10.0 Å². The molecule has 2 aliphatic heterocycles. The molecule has 2 aromatic carbocycles. The van der Waals surface area contributed by atoms with Crippen molar-refractivity contribution < 1.29 is 23.9 Å². The van der Waals surface area contributed by atoms with Gasteiger partial charge in [0, 0.05) is 18.5 Å². The van der Waals surface area contributed by atoms with Gasteiger partial charge in [0.1, 0.15) is 10.1 Å².